The van der Waals surface area contributed by atoms with Gasteiger partial charge in [0, 0.05) is 17.7 Å². The molecular weight excluding hydrogens is 472 g/mol. The average Bonchev–Trinajstić information content (AvgIpc) is 3.34. The van der Waals surface area contributed by atoms with E-state index in [1.807, 2.05) is 18.2 Å². The predicted molar refractivity (Wildman–Crippen MR) is 152 cm³/mol. The highest BCUT2D eigenvalue weighted by molar-refractivity contribution is 6.03. The number of hydrogen-bond acceptors (Lipinski definition) is 4. The molecule has 0 amide bonds. The molecule has 0 fully saturated rings. The number of hydrogen-bond donors (Lipinski definition) is 0. The minimum absolute atomic E-state index is 0.390. The monoisotopic (exact) mass is 496 g/mol. The van der Waals surface area contributed by atoms with Gasteiger partial charge in [0.05, 0.1) is 25.2 Å². The molecule has 6 aromatic rings. The van der Waals surface area contributed by atoms with Crippen molar-refractivity contribution in [3.63, 3.8) is 0 Å². The van der Waals surface area contributed by atoms with Crippen molar-refractivity contribution in [2.24, 2.45) is 0 Å². The van der Waals surface area contributed by atoms with Crippen LogP contribution in [0.15, 0.2) is 106 Å². The van der Waals surface area contributed by atoms with Gasteiger partial charge in [-0.3, -0.25) is 0 Å². The molecule has 4 nitrogen and oxygen atoms in total. The molecule has 0 unspecified atom stereocenters. The Morgan fingerprint density at radius 3 is 2.29 bits per heavy atom. The molecule has 0 spiro atoms. The van der Waals surface area contributed by atoms with Crippen molar-refractivity contribution in [3.8, 4) is 44.9 Å². The van der Waals surface area contributed by atoms with Gasteiger partial charge in [-0.25, -0.2) is 4.79 Å². The van der Waals surface area contributed by atoms with Crippen molar-refractivity contribution < 1.29 is 13.9 Å². The van der Waals surface area contributed by atoms with Crippen LogP contribution in [0.4, 0.5) is 0 Å². The van der Waals surface area contributed by atoms with Crippen molar-refractivity contribution in [3.05, 3.63) is 119 Å². The van der Waals surface area contributed by atoms with Gasteiger partial charge in [-0.15, -0.1) is 0 Å². The van der Waals surface area contributed by atoms with E-state index in [1.54, 1.807) is 20.3 Å². The van der Waals surface area contributed by atoms with E-state index < -0.39 is 5.63 Å². The van der Waals surface area contributed by atoms with Gasteiger partial charge < -0.3 is 13.9 Å². The summed E-state index contributed by atoms with van der Waals surface area (Å²) in [5, 5.41) is 3.01. The van der Waals surface area contributed by atoms with E-state index in [9.17, 15) is 4.79 Å². The lowest BCUT2D eigenvalue weighted by Crippen LogP contribution is -2.06. The fraction of sp³-hybridized carbons (Fsp3) is 0.0882. The fourth-order valence-corrected chi connectivity index (χ4v) is 5.83. The predicted octanol–water partition coefficient (Wildman–Crippen LogP) is 7.87. The maximum atomic E-state index is 13.7. The summed E-state index contributed by atoms with van der Waals surface area (Å²) in [4.78, 5) is 13.7. The van der Waals surface area contributed by atoms with Crippen molar-refractivity contribution in [2.45, 2.75) is 6.42 Å². The third-order valence-corrected chi connectivity index (χ3v) is 7.58. The second kappa shape index (κ2) is 8.63. The minimum Gasteiger partial charge on any atom is -0.496 e. The third-order valence-electron chi connectivity index (χ3n) is 7.58. The molecular formula is C34H24O4. The smallest absolute Gasteiger partial charge is 0.344 e. The van der Waals surface area contributed by atoms with E-state index in [-0.39, 0.29) is 0 Å². The minimum atomic E-state index is -0.390. The summed E-state index contributed by atoms with van der Waals surface area (Å²) in [5.74, 6) is 1.16. The van der Waals surface area contributed by atoms with Gasteiger partial charge in [0.1, 0.15) is 17.1 Å². The van der Waals surface area contributed by atoms with Gasteiger partial charge in [0.2, 0.25) is 0 Å². The van der Waals surface area contributed by atoms with Crippen molar-refractivity contribution in [1.82, 2.24) is 0 Å². The Hall–Kier alpha value is -4.83. The maximum absolute atomic E-state index is 13.7. The van der Waals surface area contributed by atoms with Crippen LogP contribution in [0.5, 0.6) is 11.5 Å². The first-order valence-electron chi connectivity index (χ1n) is 12.6. The Morgan fingerprint density at radius 2 is 1.42 bits per heavy atom. The average molecular weight is 497 g/mol. The highest BCUT2D eigenvalue weighted by Crippen LogP contribution is 2.47. The highest BCUT2D eigenvalue weighted by Gasteiger charge is 2.27. The summed E-state index contributed by atoms with van der Waals surface area (Å²) in [6.07, 6.45) is 0.747. The van der Waals surface area contributed by atoms with Crippen LogP contribution in [0.1, 0.15) is 11.1 Å². The van der Waals surface area contributed by atoms with Gasteiger partial charge in [0.25, 0.3) is 0 Å². The molecule has 0 aliphatic heterocycles. The summed E-state index contributed by atoms with van der Waals surface area (Å²) < 4.78 is 17.0. The van der Waals surface area contributed by atoms with Crippen LogP contribution < -0.4 is 15.1 Å². The Morgan fingerprint density at radius 1 is 0.658 bits per heavy atom. The van der Waals surface area contributed by atoms with Crippen LogP contribution in [0.3, 0.4) is 0 Å². The first-order valence-corrected chi connectivity index (χ1v) is 12.6. The van der Waals surface area contributed by atoms with Crippen LogP contribution >= 0.6 is 0 Å². The maximum Gasteiger partial charge on any atom is 0.344 e. The number of methoxy groups -OCH3 is 2. The number of ether oxygens (including phenoxy) is 2. The second-order valence-electron chi connectivity index (χ2n) is 9.56. The second-order valence-corrected chi connectivity index (χ2v) is 9.56. The van der Waals surface area contributed by atoms with E-state index >= 15 is 0 Å². The molecule has 7 rings (SSSR count). The van der Waals surface area contributed by atoms with E-state index in [4.69, 9.17) is 13.9 Å². The Balaban J connectivity index is 1.58. The molecule has 1 aliphatic carbocycles. The summed E-state index contributed by atoms with van der Waals surface area (Å²) in [6, 6.07) is 32.9. The molecule has 38 heavy (non-hydrogen) atoms. The number of rotatable bonds is 4. The van der Waals surface area contributed by atoms with Crippen molar-refractivity contribution in [2.75, 3.05) is 14.2 Å². The zero-order valence-electron chi connectivity index (χ0n) is 21.1. The Bertz CT molecular complexity index is 1940. The standard InChI is InChI=1S/C34H24O4/c1-36-22-17-31(37-2)29-19-30(34(35)38-32(29)18-22)33-27(25-13-7-10-20-8-3-5-11-23(20)25)15-14-26-24-12-6-4-9-21(24)16-28(26)33/h3-15,17-19H,16H2,1-2H3. The summed E-state index contributed by atoms with van der Waals surface area (Å²) in [5.41, 5.74) is 8.31. The van der Waals surface area contributed by atoms with Crippen LogP contribution in [-0.2, 0) is 6.42 Å². The lowest BCUT2D eigenvalue weighted by atomic mass is 9.86. The first kappa shape index (κ1) is 22.4. The molecule has 0 radical (unpaired) electrons. The topological polar surface area (TPSA) is 48.7 Å². The van der Waals surface area contributed by atoms with E-state index in [1.165, 1.54) is 11.1 Å². The van der Waals surface area contributed by atoms with Gasteiger partial charge in [-0.05, 0) is 56.6 Å². The molecule has 1 heterocycles. The van der Waals surface area contributed by atoms with Crippen molar-refractivity contribution in [1.29, 1.82) is 0 Å². The molecule has 1 aliphatic rings. The SMILES string of the molecule is COc1cc(OC)c2cc(-c3c(-c4cccc5ccccc45)ccc4c3Cc3ccccc3-4)c(=O)oc2c1. The largest absolute Gasteiger partial charge is 0.496 e. The molecule has 184 valence electrons. The van der Waals surface area contributed by atoms with Crippen LogP contribution in [0.25, 0.3) is 55.1 Å². The van der Waals surface area contributed by atoms with Crippen LogP contribution in [0, 0.1) is 0 Å². The summed E-state index contributed by atoms with van der Waals surface area (Å²) in [6.45, 7) is 0. The molecule has 0 bridgehead atoms. The van der Waals surface area contributed by atoms with Gasteiger partial charge in [-0.2, -0.15) is 0 Å². The van der Waals surface area contributed by atoms with E-state index in [0.29, 0.717) is 22.6 Å². The van der Waals surface area contributed by atoms with Crippen LogP contribution in [-0.4, -0.2) is 14.2 Å². The lowest BCUT2D eigenvalue weighted by molar-refractivity contribution is 0.396. The van der Waals surface area contributed by atoms with Gasteiger partial charge in [0.15, 0.2) is 0 Å². The fourth-order valence-electron chi connectivity index (χ4n) is 5.83. The van der Waals surface area contributed by atoms with Gasteiger partial charge >= 0.3 is 5.63 Å². The van der Waals surface area contributed by atoms with Gasteiger partial charge in [-0.1, -0.05) is 78.9 Å². The third kappa shape index (κ3) is 3.34. The molecule has 5 aromatic carbocycles. The quantitative estimate of drug-likeness (QED) is 0.233. The molecule has 4 heteroatoms. The first-order chi connectivity index (χ1) is 18.7. The number of fused-ring (bicyclic) bond motifs is 5. The van der Waals surface area contributed by atoms with Crippen molar-refractivity contribution >= 4 is 21.7 Å². The van der Waals surface area contributed by atoms with E-state index in [0.717, 1.165) is 50.4 Å². The Labute approximate surface area is 219 Å². The van der Waals surface area contributed by atoms with E-state index in [2.05, 4.69) is 72.8 Å². The number of benzene rings is 5. The molecule has 0 atom stereocenters. The normalized spacial score (nSPS) is 11.9. The Kier molecular flexibility index (Phi) is 5.08. The zero-order chi connectivity index (χ0) is 25.8. The highest BCUT2D eigenvalue weighted by atomic mass is 16.5. The van der Waals surface area contributed by atoms with Crippen LogP contribution in [0.2, 0.25) is 0 Å². The molecule has 0 N–H and O–H groups in total. The zero-order valence-corrected chi connectivity index (χ0v) is 21.1. The summed E-state index contributed by atoms with van der Waals surface area (Å²) in [7, 11) is 3.19. The molecule has 0 saturated carbocycles. The molecule has 1 aromatic heterocycles. The lowest BCUT2D eigenvalue weighted by Gasteiger charge is -2.17. The summed E-state index contributed by atoms with van der Waals surface area (Å²) >= 11 is 0. The molecule has 0 saturated heterocycles.